The molecule has 0 saturated heterocycles. The van der Waals surface area contributed by atoms with E-state index in [1.54, 1.807) is 0 Å². The summed E-state index contributed by atoms with van der Waals surface area (Å²) in [6.07, 6.45) is 0.839. The summed E-state index contributed by atoms with van der Waals surface area (Å²) in [7, 11) is 0. The van der Waals surface area contributed by atoms with Gasteiger partial charge in [0.25, 0.3) is 0 Å². The predicted molar refractivity (Wildman–Crippen MR) is 42.3 cm³/mol. The summed E-state index contributed by atoms with van der Waals surface area (Å²) >= 11 is 5.77. The third-order valence-corrected chi connectivity index (χ3v) is 1.40. The molecular formula is C7H11ClN2. The Morgan fingerprint density at radius 2 is 2.50 bits per heavy atom. The maximum atomic E-state index is 5.77. The highest BCUT2D eigenvalue weighted by molar-refractivity contribution is 6.20. The van der Waals surface area contributed by atoms with Crippen molar-refractivity contribution >= 4 is 11.6 Å². The number of rotatable bonds is 2. The Hall–Kier alpha value is -0.500. The van der Waals surface area contributed by atoms with E-state index < -0.39 is 0 Å². The Balaban J connectivity index is 2.58. The van der Waals surface area contributed by atoms with Crippen LogP contribution in [0.2, 0.25) is 0 Å². The first-order valence-electron chi connectivity index (χ1n) is 3.33. The van der Waals surface area contributed by atoms with E-state index in [1.165, 1.54) is 0 Å². The van der Waals surface area contributed by atoms with Gasteiger partial charge in [-0.25, -0.2) is 0 Å². The van der Waals surface area contributed by atoms with E-state index in [0.717, 1.165) is 17.8 Å². The molecule has 1 rings (SSSR count). The lowest BCUT2D eigenvalue weighted by Crippen LogP contribution is -1.96. The topological polar surface area (TPSA) is 28.7 Å². The van der Waals surface area contributed by atoms with E-state index in [0.29, 0.717) is 0 Å². The van der Waals surface area contributed by atoms with Gasteiger partial charge in [0.2, 0.25) is 0 Å². The van der Waals surface area contributed by atoms with Crippen LogP contribution in [0.25, 0.3) is 0 Å². The standard InChI is InChI=1S/C7H11ClN2/c1-5(8)3-7-4-6(2)9-10-7/h4-5H,3H2,1-2H3,(H,9,10). The molecule has 1 aromatic heterocycles. The number of aromatic amines is 1. The van der Waals surface area contributed by atoms with Crippen molar-refractivity contribution in [3.05, 3.63) is 17.5 Å². The molecule has 0 bridgehead atoms. The third-order valence-electron chi connectivity index (χ3n) is 1.25. The first kappa shape index (κ1) is 7.61. The summed E-state index contributed by atoms with van der Waals surface area (Å²) in [4.78, 5) is 0. The molecule has 1 N–H and O–H groups in total. The molecule has 0 aromatic carbocycles. The van der Waals surface area contributed by atoms with Gasteiger partial charge < -0.3 is 0 Å². The van der Waals surface area contributed by atoms with E-state index in [4.69, 9.17) is 11.6 Å². The van der Waals surface area contributed by atoms with Crippen molar-refractivity contribution < 1.29 is 0 Å². The van der Waals surface area contributed by atoms with Crippen LogP contribution in [0.4, 0.5) is 0 Å². The number of aromatic nitrogens is 2. The van der Waals surface area contributed by atoms with Gasteiger partial charge in [-0.3, -0.25) is 5.10 Å². The first-order valence-corrected chi connectivity index (χ1v) is 3.77. The van der Waals surface area contributed by atoms with Gasteiger partial charge in [-0.1, -0.05) is 0 Å². The highest BCUT2D eigenvalue weighted by atomic mass is 35.5. The second-order valence-corrected chi connectivity index (χ2v) is 3.27. The molecule has 56 valence electrons. The van der Waals surface area contributed by atoms with Crippen molar-refractivity contribution in [1.82, 2.24) is 10.2 Å². The van der Waals surface area contributed by atoms with E-state index in [9.17, 15) is 0 Å². The zero-order chi connectivity index (χ0) is 7.56. The normalized spacial score (nSPS) is 13.5. The molecular weight excluding hydrogens is 148 g/mol. The Morgan fingerprint density at radius 1 is 1.80 bits per heavy atom. The zero-order valence-electron chi connectivity index (χ0n) is 6.19. The van der Waals surface area contributed by atoms with Crippen molar-refractivity contribution in [2.75, 3.05) is 0 Å². The van der Waals surface area contributed by atoms with Crippen LogP contribution < -0.4 is 0 Å². The molecule has 2 nitrogen and oxygen atoms in total. The van der Waals surface area contributed by atoms with Crippen molar-refractivity contribution in [2.45, 2.75) is 25.6 Å². The van der Waals surface area contributed by atoms with E-state index in [2.05, 4.69) is 10.2 Å². The number of H-pyrrole nitrogens is 1. The molecule has 3 heteroatoms. The lowest BCUT2D eigenvalue weighted by molar-refractivity contribution is 0.872. The number of halogens is 1. The van der Waals surface area contributed by atoms with Gasteiger partial charge in [0.15, 0.2) is 0 Å². The quantitative estimate of drug-likeness (QED) is 0.655. The highest BCUT2D eigenvalue weighted by Gasteiger charge is 2.01. The fourth-order valence-electron chi connectivity index (χ4n) is 0.867. The average molecular weight is 159 g/mol. The molecule has 0 fully saturated rings. The van der Waals surface area contributed by atoms with Gasteiger partial charge in [0, 0.05) is 17.5 Å². The van der Waals surface area contributed by atoms with Crippen molar-refractivity contribution in [2.24, 2.45) is 0 Å². The second kappa shape index (κ2) is 3.06. The minimum Gasteiger partial charge on any atom is -0.283 e. The average Bonchev–Trinajstić information content (AvgIpc) is 2.13. The third kappa shape index (κ3) is 2.03. The van der Waals surface area contributed by atoms with Gasteiger partial charge in [-0.05, 0) is 19.9 Å². The summed E-state index contributed by atoms with van der Waals surface area (Å²) in [5, 5.41) is 7.08. The molecule has 0 aliphatic heterocycles. The second-order valence-electron chi connectivity index (χ2n) is 2.53. The predicted octanol–water partition coefficient (Wildman–Crippen LogP) is 1.89. The molecule has 0 aliphatic rings. The summed E-state index contributed by atoms with van der Waals surface area (Å²) < 4.78 is 0. The SMILES string of the molecule is Cc1cc(CC(C)Cl)n[nH]1. The molecule has 0 aliphatic carbocycles. The molecule has 0 amide bonds. The minimum atomic E-state index is 0.169. The van der Waals surface area contributed by atoms with Crippen molar-refractivity contribution in [1.29, 1.82) is 0 Å². The fraction of sp³-hybridized carbons (Fsp3) is 0.571. The van der Waals surface area contributed by atoms with Crippen LogP contribution in [0.15, 0.2) is 6.07 Å². The van der Waals surface area contributed by atoms with Crippen molar-refractivity contribution in [3.63, 3.8) is 0 Å². The molecule has 1 aromatic rings. The van der Waals surface area contributed by atoms with Crippen LogP contribution in [0.3, 0.4) is 0 Å². The molecule has 1 heterocycles. The molecule has 1 atom stereocenters. The van der Waals surface area contributed by atoms with Crippen LogP contribution in [0, 0.1) is 6.92 Å². The summed E-state index contributed by atoms with van der Waals surface area (Å²) in [5.74, 6) is 0. The summed E-state index contributed by atoms with van der Waals surface area (Å²) in [6, 6.07) is 2.01. The maximum Gasteiger partial charge on any atom is 0.0639 e. The molecule has 1 unspecified atom stereocenters. The number of nitrogens with zero attached hydrogens (tertiary/aromatic N) is 1. The Kier molecular flexibility index (Phi) is 2.33. The minimum absolute atomic E-state index is 0.169. The molecule has 0 radical (unpaired) electrons. The first-order chi connectivity index (χ1) is 4.68. The maximum absolute atomic E-state index is 5.77. The smallest absolute Gasteiger partial charge is 0.0639 e. The number of hydrogen-bond acceptors (Lipinski definition) is 1. The summed E-state index contributed by atoms with van der Waals surface area (Å²) in [5.41, 5.74) is 2.13. The number of nitrogens with one attached hydrogen (secondary N) is 1. The van der Waals surface area contributed by atoms with Gasteiger partial charge in [-0.15, -0.1) is 11.6 Å². The zero-order valence-corrected chi connectivity index (χ0v) is 6.94. The van der Waals surface area contributed by atoms with Gasteiger partial charge in [0.05, 0.1) is 5.69 Å². The Bertz CT molecular complexity index is 205. The van der Waals surface area contributed by atoms with E-state index in [1.807, 2.05) is 19.9 Å². The number of alkyl halides is 1. The van der Waals surface area contributed by atoms with Gasteiger partial charge in [-0.2, -0.15) is 5.10 Å². The monoisotopic (exact) mass is 158 g/mol. The van der Waals surface area contributed by atoms with Crippen LogP contribution in [0.1, 0.15) is 18.3 Å². The van der Waals surface area contributed by atoms with Crippen LogP contribution in [-0.2, 0) is 6.42 Å². The number of hydrogen-bond donors (Lipinski definition) is 1. The molecule has 10 heavy (non-hydrogen) atoms. The lowest BCUT2D eigenvalue weighted by Gasteiger charge is -1.95. The number of aryl methyl sites for hydroxylation is 1. The Labute approximate surface area is 65.6 Å². The van der Waals surface area contributed by atoms with Crippen LogP contribution in [0.5, 0.6) is 0 Å². The largest absolute Gasteiger partial charge is 0.283 e. The lowest BCUT2D eigenvalue weighted by atomic mass is 10.2. The van der Waals surface area contributed by atoms with Crippen LogP contribution >= 0.6 is 11.6 Å². The Morgan fingerprint density at radius 3 is 2.90 bits per heavy atom. The van der Waals surface area contributed by atoms with E-state index in [-0.39, 0.29) is 5.38 Å². The van der Waals surface area contributed by atoms with E-state index >= 15 is 0 Å². The van der Waals surface area contributed by atoms with Gasteiger partial charge in [0.1, 0.15) is 0 Å². The molecule has 0 spiro atoms. The molecule has 0 saturated carbocycles. The van der Waals surface area contributed by atoms with Crippen LogP contribution in [-0.4, -0.2) is 15.6 Å². The van der Waals surface area contributed by atoms with Gasteiger partial charge >= 0.3 is 0 Å². The van der Waals surface area contributed by atoms with Crippen molar-refractivity contribution in [3.8, 4) is 0 Å². The highest BCUT2D eigenvalue weighted by Crippen LogP contribution is 2.05. The summed E-state index contributed by atoms with van der Waals surface area (Å²) in [6.45, 7) is 3.95. The fourth-order valence-corrected chi connectivity index (χ4v) is 1.03.